The van der Waals surface area contributed by atoms with Crippen LogP contribution in [0, 0.1) is 0 Å². The SMILES string of the molecule is CCN(CC(C)(C)O)c1nc(C(C)OC)ns1. The molecule has 1 atom stereocenters. The van der Waals surface area contributed by atoms with E-state index in [1.807, 2.05) is 18.7 Å². The van der Waals surface area contributed by atoms with E-state index in [0.29, 0.717) is 12.4 Å². The first kappa shape index (κ1) is 14.3. The van der Waals surface area contributed by atoms with Crippen LogP contribution in [0.1, 0.15) is 39.6 Å². The van der Waals surface area contributed by atoms with Crippen molar-refractivity contribution in [3.8, 4) is 0 Å². The summed E-state index contributed by atoms with van der Waals surface area (Å²) in [5.41, 5.74) is -0.741. The zero-order chi connectivity index (χ0) is 13.1. The van der Waals surface area contributed by atoms with Gasteiger partial charge in [0.15, 0.2) is 5.82 Å². The van der Waals surface area contributed by atoms with Crippen LogP contribution in [0.2, 0.25) is 0 Å². The zero-order valence-corrected chi connectivity index (χ0v) is 11.9. The van der Waals surface area contributed by atoms with Crippen LogP contribution in [0.15, 0.2) is 0 Å². The van der Waals surface area contributed by atoms with E-state index in [0.717, 1.165) is 11.7 Å². The maximum atomic E-state index is 9.83. The molecule has 0 aromatic carbocycles. The third-order valence-corrected chi connectivity index (χ3v) is 3.17. The molecule has 98 valence electrons. The number of aromatic nitrogens is 2. The highest BCUT2D eigenvalue weighted by Crippen LogP contribution is 2.23. The zero-order valence-electron chi connectivity index (χ0n) is 11.1. The van der Waals surface area contributed by atoms with E-state index in [2.05, 4.69) is 9.36 Å². The van der Waals surface area contributed by atoms with Crippen LogP contribution in [-0.4, -0.2) is 40.3 Å². The van der Waals surface area contributed by atoms with Crippen LogP contribution in [0.3, 0.4) is 0 Å². The molecule has 0 saturated carbocycles. The minimum Gasteiger partial charge on any atom is -0.389 e. The number of ether oxygens (including phenoxy) is 1. The van der Waals surface area contributed by atoms with Crippen molar-refractivity contribution in [2.45, 2.75) is 39.4 Å². The lowest BCUT2D eigenvalue weighted by Gasteiger charge is -2.27. The average Bonchev–Trinajstić information content (AvgIpc) is 2.72. The molecule has 0 amide bonds. The third-order valence-electron chi connectivity index (χ3n) is 2.38. The smallest absolute Gasteiger partial charge is 0.205 e. The van der Waals surface area contributed by atoms with Crippen LogP contribution in [-0.2, 0) is 4.74 Å². The second kappa shape index (κ2) is 5.75. The van der Waals surface area contributed by atoms with Crippen LogP contribution in [0.4, 0.5) is 5.13 Å². The summed E-state index contributed by atoms with van der Waals surface area (Å²) in [4.78, 5) is 6.45. The van der Waals surface area contributed by atoms with Gasteiger partial charge in [-0.05, 0) is 27.7 Å². The minimum absolute atomic E-state index is 0.0964. The summed E-state index contributed by atoms with van der Waals surface area (Å²) in [6.45, 7) is 8.86. The average molecular weight is 259 g/mol. The highest BCUT2D eigenvalue weighted by Gasteiger charge is 2.21. The lowest BCUT2D eigenvalue weighted by atomic mass is 10.1. The first-order valence-electron chi connectivity index (χ1n) is 5.71. The van der Waals surface area contributed by atoms with Gasteiger partial charge in [-0.15, -0.1) is 0 Å². The molecule has 0 spiro atoms. The number of hydrogen-bond acceptors (Lipinski definition) is 6. The molecular formula is C11H21N3O2S. The molecule has 1 rings (SSSR count). The Kier molecular flexibility index (Phi) is 4.85. The predicted octanol–water partition coefficient (Wildman–Crippen LogP) is 1.84. The number of anilines is 1. The van der Waals surface area contributed by atoms with Gasteiger partial charge in [0.1, 0.15) is 6.10 Å². The van der Waals surface area contributed by atoms with E-state index in [9.17, 15) is 5.11 Å². The van der Waals surface area contributed by atoms with Crippen molar-refractivity contribution in [1.82, 2.24) is 9.36 Å². The molecule has 1 N–H and O–H groups in total. The van der Waals surface area contributed by atoms with E-state index in [4.69, 9.17) is 4.74 Å². The number of aliphatic hydroxyl groups is 1. The van der Waals surface area contributed by atoms with Crippen LogP contribution >= 0.6 is 11.5 Å². The number of likely N-dealkylation sites (N-methyl/N-ethyl adjacent to an activating group) is 1. The highest BCUT2D eigenvalue weighted by molar-refractivity contribution is 7.09. The molecule has 17 heavy (non-hydrogen) atoms. The molecule has 1 heterocycles. The standard InChI is InChI=1S/C11H21N3O2S/c1-6-14(7-11(3,4)15)10-12-9(13-17-10)8(2)16-5/h8,15H,6-7H2,1-5H3. The van der Waals surface area contributed by atoms with Crippen molar-refractivity contribution in [1.29, 1.82) is 0 Å². The Morgan fingerprint density at radius 3 is 2.65 bits per heavy atom. The van der Waals surface area contributed by atoms with Crippen molar-refractivity contribution in [2.75, 3.05) is 25.1 Å². The van der Waals surface area contributed by atoms with Crippen LogP contribution in [0.5, 0.6) is 0 Å². The molecule has 0 radical (unpaired) electrons. The summed E-state index contributed by atoms with van der Waals surface area (Å²) in [5.74, 6) is 0.696. The predicted molar refractivity (Wildman–Crippen MR) is 69.5 cm³/mol. The number of methoxy groups -OCH3 is 1. The Morgan fingerprint density at radius 1 is 1.53 bits per heavy atom. The molecule has 5 nitrogen and oxygen atoms in total. The highest BCUT2D eigenvalue weighted by atomic mass is 32.1. The number of rotatable bonds is 6. The second-order valence-corrected chi connectivity index (χ2v) is 5.37. The van der Waals surface area contributed by atoms with Gasteiger partial charge in [0.2, 0.25) is 5.13 Å². The molecule has 0 saturated heterocycles. The van der Waals surface area contributed by atoms with Gasteiger partial charge >= 0.3 is 0 Å². The maximum Gasteiger partial charge on any atom is 0.205 e. The van der Waals surface area contributed by atoms with Gasteiger partial charge in [-0.25, -0.2) is 4.98 Å². The Bertz CT molecular complexity index is 349. The summed E-state index contributed by atoms with van der Waals surface area (Å²) in [5, 5.41) is 10.7. The maximum absolute atomic E-state index is 9.83. The van der Waals surface area contributed by atoms with Gasteiger partial charge in [-0.2, -0.15) is 4.37 Å². The molecule has 1 aromatic heterocycles. The second-order valence-electron chi connectivity index (χ2n) is 4.64. The quantitative estimate of drug-likeness (QED) is 0.844. The Morgan fingerprint density at radius 2 is 2.18 bits per heavy atom. The Labute approximate surface area is 107 Å². The minimum atomic E-state index is -0.741. The van der Waals surface area contributed by atoms with E-state index in [1.165, 1.54) is 11.5 Å². The molecule has 0 bridgehead atoms. The third kappa shape index (κ3) is 4.22. The molecule has 0 fully saturated rings. The van der Waals surface area contributed by atoms with E-state index >= 15 is 0 Å². The van der Waals surface area contributed by atoms with Gasteiger partial charge < -0.3 is 14.7 Å². The molecule has 6 heteroatoms. The fraction of sp³-hybridized carbons (Fsp3) is 0.818. The molecular weight excluding hydrogens is 238 g/mol. The summed E-state index contributed by atoms with van der Waals surface area (Å²) >= 11 is 1.34. The van der Waals surface area contributed by atoms with Crippen molar-refractivity contribution in [2.24, 2.45) is 0 Å². The normalized spacial score (nSPS) is 13.8. The molecule has 0 aliphatic rings. The lowest BCUT2D eigenvalue weighted by molar-refractivity contribution is 0.0875. The first-order chi connectivity index (χ1) is 7.87. The fourth-order valence-corrected chi connectivity index (χ4v) is 2.22. The van der Waals surface area contributed by atoms with Crippen molar-refractivity contribution >= 4 is 16.7 Å². The number of nitrogens with zero attached hydrogens (tertiary/aromatic N) is 3. The van der Waals surface area contributed by atoms with Crippen LogP contribution < -0.4 is 4.90 Å². The van der Waals surface area contributed by atoms with Crippen LogP contribution in [0.25, 0.3) is 0 Å². The summed E-state index contributed by atoms with van der Waals surface area (Å²) < 4.78 is 9.45. The van der Waals surface area contributed by atoms with Gasteiger partial charge in [-0.3, -0.25) is 0 Å². The van der Waals surface area contributed by atoms with Gasteiger partial charge in [0.25, 0.3) is 0 Å². The molecule has 1 aromatic rings. The topological polar surface area (TPSA) is 58.5 Å². The summed E-state index contributed by atoms with van der Waals surface area (Å²) in [6.07, 6.45) is -0.0964. The van der Waals surface area contributed by atoms with E-state index in [-0.39, 0.29) is 6.10 Å². The lowest BCUT2D eigenvalue weighted by Crippen LogP contribution is -2.38. The first-order valence-corrected chi connectivity index (χ1v) is 6.48. The Hall–Kier alpha value is -0.720. The van der Waals surface area contributed by atoms with Crippen molar-refractivity contribution in [3.63, 3.8) is 0 Å². The van der Waals surface area contributed by atoms with Crippen molar-refractivity contribution in [3.05, 3.63) is 5.82 Å². The van der Waals surface area contributed by atoms with Gasteiger partial charge in [0.05, 0.1) is 5.60 Å². The monoisotopic (exact) mass is 259 g/mol. The Balaban J connectivity index is 2.79. The van der Waals surface area contributed by atoms with E-state index < -0.39 is 5.60 Å². The summed E-state index contributed by atoms with van der Waals surface area (Å²) in [7, 11) is 1.64. The van der Waals surface area contributed by atoms with Gasteiger partial charge in [0, 0.05) is 31.7 Å². The molecule has 1 unspecified atom stereocenters. The molecule has 0 aliphatic heterocycles. The largest absolute Gasteiger partial charge is 0.389 e. The number of hydrogen-bond donors (Lipinski definition) is 1. The van der Waals surface area contributed by atoms with Crippen molar-refractivity contribution < 1.29 is 9.84 Å². The fourth-order valence-electron chi connectivity index (χ4n) is 1.41. The molecule has 0 aliphatic carbocycles. The van der Waals surface area contributed by atoms with E-state index in [1.54, 1.807) is 21.0 Å². The van der Waals surface area contributed by atoms with Gasteiger partial charge in [-0.1, -0.05) is 0 Å². The summed E-state index contributed by atoms with van der Waals surface area (Å²) in [6, 6.07) is 0.